The summed E-state index contributed by atoms with van der Waals surface area (Å²) < 4.78 is 40.0. The number of halogens is 4. The van der Waals surface area contributed by atoms with Gasteiger partial charge in [0.15, 0.2) is 0 Å². The van der Waals surface area contributed by atoms with Crippen molar-refractivity contribution in [2.45, 2.75) is 83.9 Å². The predicted octanol–water partition coefficient (Wildman–Crippen LogP) is 4.68. The third-order valence-electron chi connectivity index (χ3n) is 3.36. The molecule has 0 unspecified atom stereocenters. The van der Waals surface area contributed by atoms with E-state index in [9.17, 15) is 22.8 Å². The molecule has 0 aromatic rings. The van der Waals surface area contributed by atoms with Crippen molar-refractivity contribution in [1.29, 1.82) is 0 Å². The quantitative estimate of drug-likeness (QED) is 0.272. The van der Waals surface area contributed by atoms with Crippen molar-refractivity contribution in [2.24, 2.45) is 0 Å². The van der Waals surface area contributed by atoms with Crippen LogP contribution >= 0.6 is 15.9 Å². The highest BCUT2D eigenvalue weighted by molar-refractivity contribution is 9.09. The number of rotatable bonds is 12. The third-order valence-corrected chi connectivity index (χ3v) is 3.92. The van der Waals surface area contributed by atoms with E-state index in [1.165, 1.54) is 12.8 Å². The number of amides is 2. The first-order chi connectivity index (χ1) is 13.4. The summed E-state index contributed by atoms with van der Waals surface area (Å²) in [6.45, 7) is 6.42. The van der Waals surface area contributed by atoms with Gasteiger partial charge in [0.2, 0.25) is 0 Å². The Hall–Kier alpha value is -1.03. The number of nitrogens with one attached hydrogen (secondary N) is 2. The largest absolute Gasteiger partial charge is 0.471 e. The maximum absolute atomic E-state index is 11.6. The van der Waals surface area contributed by atoms with E-state index in [-0.39, 0.29) is 19.2 Å². The summed E-state index contributed by atoms with van der Waals surface area (Å²) >= 11 is 3.39. The molecular formula is C19H36BrF3N2O4. The van der Waals surface area contributed by atoms with Crippen molar-refractivity contribution in [3.8, 4) is 0 Å². The van der Waals surface area contributed by atoms with Gasteiger partial charge in [-0.25, -0.2) is 4.79 Å². The second kappa shape index (κ2) is 17.8. The molecular weight excluding hydrogens is 457 g/mol. The van der Waals surface area contributed by atoms with E-state index in [2.05, 4.69) is 21.2 Å². The number of alkyl halides is 4. The van der Waals surface area contributed by atoms with Gasteiger partial charge in [-0.15, -0.1) is 0 Å². The van der Waals surface area contributed by atoms with Gasteiger partial charge in [-0.3, -0.25) is 4.79 Å². The number of ether oxygens (including phenoxy) is 1. The molecule has 0 saturated carbocycles. The lowest BCUT2D eigenvalue weighted by Crippen LogP contribution is -2.37. The predicted molar refractivity (Wildman–Crippen MR) is 111 cm³/mol. The van der Waals surface area contributed by atoms with E-state index >= 15 is 0 Å². The van der Waals surface area contributed by atoms with Crippen LogP contribution in [0.3, 0.4) is 0 Å². The fraction of sp³-hybridized carbons (Fsp3) is 0.895. The summed E-state index contributed by atoms with van der Waals surface area (Å²) in [6.07, 6.45) is 2.10. The first kappa shape index (κ1) is 30.2. The Morgan fingerprint density at radius 1 is 0.862 bits per heavy atom. The molecule has 0 bridgehead atoms. The minimum atomic E-state index is -4.79. The molecule has 0 fully saturated rings. The molecule has 0 aliphatic rings. The SMILES string of the molecule is CC(C)(C)OC(=O)NCCCCCCBr.O=C(NCCCCCCO)C(F)(F)F. The van der Waals surface area contributed by atoms with Crippen molar-refractivity contribution in [1.82, 2.24) is 10.6 Å². The molecule has 0 aromatic carbocycles. The van der Waals surface area contributed by atoms with Crippen molar-refractivity contribution in [3.05, 3.63) is 0 Å². The molecule has 0 aliphatic heterocycles. The van der Waals surface area contributed by atoms with E-state index in [1.807, 2.05) is 20.8 Å². The summed E-state index contributed by atoms with van der Waals surface area (Å²) in [4.78, 5) is 21.5. The summed E-state index contributed by atoms with van der Waals surface area (Å²) in [5.41, 5.74) is -0.403. The first-order valence-corrected chi connectivity index (χ1v) is 11.0. The number of aliphatic hydroxyl groups is 1. The summed E-state index contributed by atoms with van der Waals surface area (Å²) in [5, 5.41) is 14.0. The summed E-state index contributed by atoms with van der Waals surface area (Å²) in [5.74, 6) is -1.89. The fourth-order valence-electron chi connectivity index (χ4n) is 1.97. The molecule has 0 aliphatic carbocycles. The zero-order valence-electron chi connectivity index (χ0n) is 17.7. The van der Waals surface area contributed by atoms with Gasteiger partial charge >= 0.3 is 18.2 Å². The van der Waals surface area contributed by atoms with Crippen LogP contribution in [0.15, 0.2) is 0 Å². The van der Waals surface area contributed by atoms with Crippen LogP contribution in [0.2, 0.25) is 0 Å². The Kier molecular flexibility index (Phi) is 18.5. The standard InChI is InChI=1S/C11H22BrNO2.C8H14F3NO2/c1-11(2,3)15-10(14)13-9-7-5-4-6-8-12;9-8(10,11)7(14)12-5-3-1-2-4-6-13/h4-9H2,1-3H3,(H,13,14);13H,1-6H2,(H,12,14). The molecule has 0 heterocycles. The van der Waals surface area contributed by atoms with Gasteiger partial charge < -0.3 is 20.5 Å². The van der Waals surface area contributed by atoms with Crippen molar-refractivity contribution in [2.75, 3.05) is 25.0 Å². The molecule has 2 amide bonds. The number of hydrogen-bond donors (Lipinski definition) is 3. The summed E-state index contributed by atoms with van der Waals surface area (Å²) in [7, 11) is 0. The zero-order valence-corrected chi connectivity index (χ0v) is 19.3. The van der Waals surface area contributed by atoms with Crippen LogP contribution in [0.25, 0.3) is 0 Å². The van der Waals surface area contributed by atoms with Gasteiger partial charge in [0, 0.05) is 25.0 Å². The van der Waals surface area contributed by atoms with Crippen LogP contribution in [-0.2, 0) is 9.53 Å². The number of carbonyl (C=O) groups excluding carboxylic acids is 2. The molecule has 6 nitrogen and oxygen atoms in total. The maximum atomic E-state index is 11.6. The van der Waals surface area contributed by atoms with Crippen LogP contribution in [0.4, 0.5) is 18.0 Å². The van der Waals surface area contributed by atoms with Crippen LogP contribution in [-0.4, -0.2) is 53.9 Å². The number of hydrogen-bond acceptors (Lipinski definition) is 4. The summed E-state index contributed by atoms with van der Waals surface area (Å²) in [6, 6.07) is 0. The van der Waals surface area contributed by atoms with Gasteiger partial charge in [0.05, 0.1) is 0 Å². The van der Waals surface area contributed by atoms with E-state index in [0.717, 1.165) is 24.6 Å². The minimum Gasteiger partial charge on any atom is -0.444 e. The van der Waals surface area contributed by atoms with Crippen LogP contribution < -0.4 is 10.6 Å². The maximum Gasteiger partial charge on any atom is 0.471 e. The van der Waals surface area contributed by atoms with E-state index in [1.54, 1.807) is 5.32 Å². The lowest BCUT2D eigenvalue weighted by atomic mass is 10.2. The average molecular weight is 493 g/mol. The second-order valence-electron chi connectivity index (χ2n) is 7.42. The van der Waals surface area contributed by atoms with Crippen LogP contribution in [0.1, 0.15) is 72.1 Å². The number of alkyl carbamates (subject to hydrolysis) is 1. The molecule has 0 saturated heterocycles. The Bertz CT molecular complexity index is 431. The molecule has 10 heteroatoms. The van der Waals surface area contributed by atoms with Crippen molar-refractivity contribution in [3.63, 3.8) is 0 Å². The number of aliphatic hydroxyl groups excluding tert-OH is 1. The van der Waals surface area contributed by atoms with Crippen LogP contribution in [0, 0.1) is 0 Å². The fourth-order valence-corrected chi connectivity index (χ4v) is 2.37. The van der Waals surface area contributed by atoms with Crippen LogP contribution in [0.5, 0.6) is 0 Å². The molecule has 29 heavy (non-hydrogen) atoms. The normalized spacial score (nSPS) is 11.3. The number of unbranched alkanes of at least 4 members (excludes halogenated alkanes) is 6. The lowest BCUT2D eigenvalue weighted by Gasteiger charge is -2.19. The lowest BCUT2D eigenvalue weighted by molar-refractivity contribution is -0.173. The van der Waals surface area contributed by atoms with Gasteiger partial charge in [-0.1, -0.05) is 41.6 Å². The average Bonchev–Trinajstić information content (AvgIpc) is 2.59. The van der Waals surface area contributed by atoms with E-state index < -0.39 is 17.7 Å². The van der Waals surface area contributed by atoms with E-state index in [4.69, 9.17) is 9.84 Å². The molecule has 0 radical (unpaired) electrons. The highest BCUT2D eigenvalue weighted by Gasteiger charge is 2.38. The minimum absolute atomic E-state index is 0.0315. The third kappa shape index (κ3) is 24.9. The molecule has 3 N–H and O–H groups in total. The van der Waals surface area contributed by atoms with Gasteiger partial charge in [-0.2, -0.15) is 13.2 Å². The monoisotopic (exact) mass is 492 g/mol. The molecule has 0 atom stereocenters. The molecule has 0 spiro atoms. The Morgan fingerprint density at radius 3 is 1.79 bits per heavy atom. The molecule has 174 valence electrons. The topological polar surface area (TPSA) is 87.7 Å². The Labute approximate surface area is 180 Å². The van der Waals surface area contributed by atoms with Gasteiger partial charge in [0.1, 0.15) is 5.60 Å². The smallest absolute Gasteiger partial charge is 0.444 e. The van der Waals surface area contributed by atoms with Crippen molar-refractivity contribution < 1.29 is 32.6 Å². The second-order valence-corrected chi connectivity index (χ2v) is 8.22. The van der Waals surface area contributed by atoms with Gasteiger partial charge in [0.25, 0.3) is 0 Å². The molecule has 0 rings (SSSR count). The zero-order chi connectivity index (χ0) is 22.8. The number of carbonyl (C=O) groups is 2. The first-order valence-electron chi connectivity index (χ1n) is 9.92. The molecule has 0 aromatic heterocycles. The van der Waals surface area contributed by atoms with E-state index in [0.29, 0.717) is 25.8 Å². The Balaban J connectivity index is 0. The Morgan fingerprint density at radius 2 is 1.34 bits per heavy atom. The highest BCUT2D eigenvalue weighted by atomic mass is 79.9. The van der Waals surface area contributed by atoms with Gasteiger partial charge in [-0.05, 0) is 46.5 Å². The van der Waals surface area contributed by atoms with Crippen molar-refractivity contribution >= 4 is 27.9 Å². The highest BCUT2D eigenvalue weighted by Crippen LogP contribution is 2.14.